The van der Waals surface area contributed by atoms with Crippen molar-refractivity contribution in [1.82, 2.24) is 0 Å². The van der Waals surface area contributed by atoms with Crippen LogP contribution in [-0.2, 0) is 5.41 Å². The van der Waals surface area contributed by atoms with Gasteiger partial charge in [-0.25, -0.2) is 0 Å². The Morgan fingerprint density at radius 2 is 0.780 bits per heavy atom. The van der Waals surface area contributed by atoms with E-state index in [2.05, 4.69) is 98.8 Å². The molecule has 6 aromatic rings. The van der Waals surface area contributed by atoms with Crippen LogP contribution in [0.2, 0.25) is 0 Å². The highest BCUT2D eigenvalue weighted by molar-refractivity contribution is 7.19. The standard InChI is InChI=1S/C37H30O2S2/c1-37(2)31-21-25(35-19-17-33(40-35)23-5-11-27(38-3)12-6-23)9-15-29(31)30-16-10-26(22-32(30)37)36-20-18-34(41-36)24-7-13-28(39-4)14-8-24/h5-22H,1-4H3. The van der Waals surface area contributed by atoms with Gasteiger partial charge in [-0.05, 0) is 129 Å². The smallest absolute Gasteiger partial charge is 0.118 e. The van der Waals surface area contributed by atoms with Crippen molar-refractivity contribution in [3.63, 3.8) is 0 Å². The van der Waals surface area contributed by atoms with Gasteiger partial charge in [0.1, 0.15) is 11.5 Å². The third kappa shape index (κ3) is 4.48. The van der Waals surface area contributed by atoms with Crippen LogP contribution < -0.4 is 9.47 Å². The molecule has 0 amide bonds. The highest BCUT2D eigenvalue weighted by Gasteiger charge is 2.36. The summed E-state index contributed by atoms with van der Waals surface area (Å²) in [6.07, 6.45) is 0. The lowest BCUT2D eigenvalue weighted by atomic mass is 9.81. The van der Waals surface area contributed by atoms with Gasteiger partial charge in [0.05, 0.1) is 14.2 Å². The average Bonchev–Trinajstić information content (AvgIpc) is 3.76. The number of thiophene rings is 2. The molecule has 4 heteroatoms. The first-order chi connectivity index (χ1) is 19.9. The quantitative estimate of drug-likeness (QED) is 0.198. The van der Waals surface area contributed by atoms with E-state index < -0.39 is 0 Å². The van der Waals surface area contributed by atoms with Gasteiger partial charge in [0.15, 0.2) is 0 Å². The van der Waals surface area contributed by atoms with E-state index >= 15 is 0 Å². The molecule has 0 unspecified atom stereocenters. The van der Waals surface area contributed by atoms with Crippen molar-refractivity contribution >= 4 is 22.7 Å². The van der Waals surface area contributed by atoms with Crippen molar-refractivity contribution in [2.75, 3.05) is 14.2 Å². The predicted octanol–water partition coefficient (Wildman–Crippen LogP) is 10.8. The van der Waals surface area contributed by atoms with Crippen LogP contribution in [0.5, 0.6) is 11.5 Å². The Morgan fingerprint density at radius 1 is 0.439 bits per heavy atom. The molecule has 1 aliphatic carbocycles. The first-order valence-electron chi connectivity index (χ1n) is 13.7. The molecule has 0 saturated heterocycles. The molecular weight excluding hydrogens is 541 g/mol. The summed E-state index contributed by atoms with van der Waals surface area (Å²) in [4.78, 5) is 5.10. The predicted molar refractivity (Wildman–Crippen MR) is 175 cm³/mol. The van der Waals surface area contributed by atoms with Crippen LogP contribution in [0.4, 0.5) is 0 Å². The van der Waals surface area contributed by atoms with Gasteiger partial charge < -0.3 is 9.47 Å². The van der Waals surface area contributed by atoms with Crippen molar-refractivity contribution in [2.45, 2.75) is 19.3 Å². The Hall–Kier alpha value is -4.12. The molecule has 0 radical (unpaired) electrons. The Bertz CT molecular complexity index is 1730. The van der Waals surface area contributed by atoms with Crippen LogP contribution in [0.15, 0.2) is 109 Å². The summed E-state index contributed by atoms with van der Waals surface area (Å²) in [5, 5.41) is 0. The van der Waals surface area contributed by atoms with E-state index in [-0.39, 0.29) is 5.41 Å². The zero-order valence-corrected chi connectivity index (χ0v) is 25.2. The highest BCUT2D eigenvalue weighted by atomic mass is 32.1. The lowest BCUT2D eigenvalue weighted by Gasteiger charge is -2.22. The van der Waals surface area contributed by atoms with Crippen LogP contribution in [0.3, 0.4) is 0 Å². The first kappa shape index (κ1) is 25.8. The van der Waals surface area contributed by atoms with Crippen molar-refractivity contribution in [3.8, 4) is 64.4 Å². The number of fused-ring (bicyclic) bond motifs is 3. The third-order valence-electron chi connectivity index (χ3n) is 8.21. The second-order valence-corrected chi connectivity index (χ2v) is 13.1. The van der Waals surface area contributed by atoms with Crippen LogP contribution in [0.25, 0.3) is 52.9 Å². The number of benzene rings is 4. The molecule has 2 aromatic heterocycles. The summed E-state index contributed by atoms with van der Waals surface area (Å²) < 4.78 is 10.7. The summed E-state index contributed by atoms with van der Waals surface area (Å²) >= 11 is 3.68. The van der Waals surface area contributed by atoms with Gasteiger partial charge >= 0.3 is 0 Å². The minimum atomic E-state index is -0.0805. The second kappa shape index (κ2) is 10.1. The molecule has 7 rings (SSSR count). The van der Waals surface area contributed by atoms with Crippen LogP contribution in [0, 0.1) is 0 Å². The zero-order chi connectivity index (χ0) is 28.1. The fraction of sp³-hybridized carbons (Fsp3) is 0.135. The van der Waals surface area contributed by atoms with E-state index in [4.69, 9.17) is 9.47 Å². The molecule has 0 fully saturated rings. The minimum Gasteiger partial charge on any atom is -0.497 e. The van der Waals surface area contributed by atoms with Gasteiger partial charge in [-0.2, -0.15) is 0 Å². The largest absolute Gasteiger partial charge is 0.497 e. The Kier molecular flexibility index (Phi) is 6.33. The average molecular weight is 571 g/mol. The van der Waals surface area contributed by atoms with E-state index in [1.54, 1.807) is 14.2 Å². The monoisotopic (exact) mass is 570 g/mol. The molecule has 2 heterocycles. The van der Waals surface area contributed by atoms with E-state index in [0.29, 0.717) is 0 Å². The van der Waals surface area contributed by atoms with Crippen molar-refractivity contribution < 1.29 is 9.47 Å². The number of methoxy groups -OCH3 is 2. The molecule has 0 atom stereocenters. The zero-order valence-electron chi connectivity index (χ0n) is 23.5. The first-order valence-corrected chi connectivity index (χ1v) is 15.4. The van der Waals surface area contributed by atoms with E-state index in [9.17, 15) is 0 Å². The second-order valence-electron chi connectivity index (χ2n) is 10.9. The van der Waals surface area contributed by atoms with Gasteiger partial charge in [-0.3, -0.25) is 0 Å². The van der Waals surface area contributed by atoms with Gasteiger partial charge in [-0.1, -0.05) is 38.1 Å². The summed E-state index contributed by atoms with van der Waals surface area (Å²) in [5.41, 5.74) is 10.4. The van der Waals surface area contributed by atoms with Gasteiger partial charge in [0.2, 0.25) is 0 Å². The van der Waals surface area contributed by atoms with Crippen LogP contribution >= 0.6 is 22.7 Å². The van der Waals surface area contributed by atoms with E-state index in [1.165, 1.54) is 64.0 Å². The number of hydrogen-bond donors (Lipinski definition) is 0. The highest BCUT2D eigenvalue weighted by Crippen LogP contribution is 2.51. The molecule has 0 aliphatic heterocycles. The van der Waals surface area contributed by atoms with Crippen LogP contribution in [0.1, 0.15) is 25.0 Å². The Balaban J connectivity index is 1.19. The van der Waals surface area contributed by atoms with Crippen LogP contribution in [-0.4, -0.2) is 14.2 Å². The number of rotatable bonds is 6. The Morgan fingerprint density at radius 3 is 1.15 bits per heavy atom. The fourth-order valence-corrected chi connectivity index (χ4v) is 7.87. The van der Waals surface area contributed by atoms with E-state index in [1.807, 2.05) is 46.9 Å². The molecule has 4 aromatic carbocycles. The lowest BCUT2D eigenvalue weighted by molar-refractivity contribution is 0.415. The van der Waals surface area contributed by atoms with Gasteiger partial charge in [-0.15, -0.1) is 22.7 Å². The van der Waals surface area contributed by atoms with Gasteiger partial charge in [0.25, 0.3) is 0 Å². The Labute approximate surface area is 249 Å². The van der Waals surface area contributed by atoms with Gasteiger partial charge in [0, 0.05) is 24.9 Å². The number of ether oxygens (including phenoxy) is 2. The maximum Gasteiger partial charge on any atom is 0.118 e. The molecule has 0 spiro atoms. The molecule has 0 saturated carbocycles. The molecule has 0 bridgehead atoms. The summed E-state index contributed by atoms with van der Waals surface area (Å²) in [6, 6.07) is 39.5. The molecular formula is C37H30O2S2. The number of hydrogen-bond acceptors (Lipinski definition) is 4. The van der Waals surface area contributed by atoms with E-state index in [0.717, 1.165) is 11.5 Å². The normalized spacial score (nSPS) is 13.1. The molecule has 0 N–H and O–H groups in total. The molecule has 1 aliphatic rings. The summed E-state index contributed by atoms with van der Waals surface area (Å²) in [6.45, 7) is 4.72. The maximum atomic E-state index is 5.33. The molecule has 41 heavy (non-hydrogen) atoms. The van der Waals surface area contributed by atoms with Crippen molar-refractivity contribution in [2.24, 2.45) is 0 Å². The maximum absolute atomic E-state index is 5.33. The SMILES string of the molecule is COc1ccc(-c2ccc(-c3ccc4c(c3)C(C)(C)c3cc(-c5ccc(-c6ccc(OC)cc6)s5)ccc3-4)s2)cc1. The lowest BCUT2D eigenvalue weighted by Crippen LogP contribution is -2.15. The van der Waals surface area contributed by atoms with Crippen molar-refractivity contribution in [1.29, 1.82) is 0 Å². The summed E-state index contributed by atoms with van der Waals surface area (Å²) in [5.74, 6) is 1.76. The summed E-state index contributed by atoms with van der Waals surface area (Å²) in [7, 11) is 3.41. The minimum absolute atomic E-state index is 0.0805. The molecule has 2 nitrogen and oxygen atoms in total. The molecule has 202 valence electrons. The third-order valence-corrected chi connectivity index (χ3v) is 10.6. The fourth-order valence-electron chi connectivity index (χ4n) is 5.85. The van der Waals surface area contributed by atoms with Crippen molar-refractivity contribution in [3.05, 3.63) is 120 Å². The topological polar surface area (TPSA) is 18.5 Å².